The van der Waals surface area contributed by atoms with Gasteiger partial charge < -0.3 is 19.5 Å². The molecule has 1 N–H and O–H groups in total. The minimum absolute atomic E-state index is 0.385. The van der Waals surface area contributed by atoms with Crippen molar-refractivity contribution in [3.63, 3.8) is 0 Å². The molecule has 0 saturated carbocycles. The van der Waals surface area contributed by atoms with Crippen LogP contribution < -0.4 is 14.8 Å². The summed E-state index contributed by atoms with van der Waals surface area (Å²) in [6, 6.07) is 49.6. The first-order chi connectivity index (χ1) is 30.6. The van der Waals surface area contributed by atoms with Crippen LogP contribution in [0.5, 0.6) is 11.8 Å². The lowest BCUT2D eigenvalue weighted by Gasteiger charge is -2.20. The van der Waals surface area contributed by atoms with Gasteiger partial charge in [0, 0.05) is 29.9 Å². The maximum Gasteiger partial charge on any atom is 0.407 e. The van der Waals surface area contributed by atoms with E-state index >= 15 is 0 Å². The fourth-order valence-corrected chi connectivity index (χ4v) is 7.25. The van der Waals surface area contributed by atoms with Crippen molar-refractivity contribution in [2.24, 2.45) is 0 Å². The smallest absolute Gasteiger partial charge is 0.407 e. The lowest BCUT2D eigenvalue weighted by Crippen LogP contribution is -2.32. The first-order valence-electron chi connectivity index (χ1n) is 21.2. The van der Waals surface area contributed by atoms with Gasteiger partial charge >= 0.3 is 6.09 Å². The van der Waals surface area contributed by atoms with Crippen molar-refractivity contribution < 1.29 is 19.0 Å². The van der Waals surface area contributed by atoms with Crippen molar-refractivity contribution in [3.05, 3.63) is 198 Å². The van der Waals surface area contributed by atoms with Crippen LogP contribution in [0.15, 0.2) is 164 Å². The highest BCUT2D eigenvalue weighted by Crippen LogP contribution is 2.33. The standard InChI is InChI=1S/C54H51N5O4/c1-38-31-46(27-28-47(38)33-55-53(60)63-54(2,3)4)51-49-32-42(34-59(49)57-37-56-51)18-12-11-13-39-19-21-43(22-20-39)44-23-25-45(26-24-44)48-29-30-50(61-35-40-14-7-5-8-15-40)58-52(48)62-36-41-16-9-6-10-17-41/h5-11,13-17,19-32,34,37H,12,18,33,35-36H2,1-4H3,(H,55,60)/b13-11+. The Labute approximate surface area is 369 Å². The maximum absolute atomic E-state index is 12.2. The molecule has 316 valence electrons. The first-order valence-corrected chi connectivity index (χ1v) is 21.2. The monoisotopic (exact) mass is 833 g/mol. The Hall–Kier alpha value is -7.52. The molecule has 0 fully saturated rings. The van der Waals surface area contributed by atoms with Crippen molar-refractivity contribution in [3.8, 4) is 45.3 Å². The number of nitrogens with zero attached hydrogens (tertiary/aromatic N) is 4. The number of aromatic nitrogens is 4. The number of fused-ring (bicyclic) bond motifs is 1. The van der Waals surface area contributed by atoms with Gasteiger partial charge in [-0.3, -0.25) is 0 Å². The number of aryl methyl sites for hydroxylation is 2. The molecule has 0 saturated heterocycles. The van der Waals surface area contributed by atoms with E-state index in [1.165, 1.54) is 5.56 Å². The molecule has 0 unspecified atom stereocenters. The van der Waals surface area contributed by atoms with Crippen LogP contribution >= 0.6 is 0 Å². The predicted molar refractivity (Wildman–Crippen MR) is 250 cm³/mol. The number of carbonyl (C=O) groups excluding carboxylic acids is 1. The molecule has 9 nitrogen and oxygen atoms in total. The fraction of sp³-hybridized carbons (Fsp3) is 0.185. The molecule has 0 atom stereocenters. The van der Waals surface area contributed by atoms with Crippen LogP contribution in [0, 0.1) is 6.92 Å². The summed E-state index contributed by atoms with van der Waals surface area (Å²) < 4.78 is 19.6. The number of benzene rings is 5. The molecule has 3 aromatic heterocycles. The third-order valence-electron chi connectivity index (χ3n) is 10.5. The topological polar surface area (TPSA) is 99.9 Å². The lowest BCUT2D eigenvalue weighted by atomic mass is 10.00. The van der Waals surface area contributed by atoms with Gasteiger partial charge in [-0.2, -0.15) is 10.1 Å². The van der Waals surface area contributed by atoms with Crippen LogP contribution in [0.1, 0.15) is 60.6 Å². The number of ether oxygens (including phenoxy) is 3. The number of hydrogen-bond acceptors (Lipinski definition) is 7. The van der Waals surface area contributed by atoms with Crippen LogP contribution in [-0.2, 0) is 30.9 Å². The molecule has 1 amide bonds. The lowest BCUT2D eigenvalue weighted by molar-refractivity contribution is 0.0523. The Balaban J connectivity index is 0.882. The summed E-state index contributed by atoms with van der Waals surface area (Å²) in [6.45, 7) is 8.80. The number of pyridine rings is 1. The number of carbonyl (C=O) groups is 1. The summed E-state index contributed by atoms with van der Waals surface area (Å²) in [6.07, 6.45) is 9.38. The molecule has 63 heavy (non-hydrogen) atoms. The molecular formula is C54H51N5O4. The number of amides is 1. The number of hydrogen-bond donors (Lipinski definition) is 1. The van der Waals surface area contributed by atoms with Gasteiger partial charge in [0.05, 0.1) is 11.2 Å². The molecule has 9 heteroatoms. The Bertz CT molecular complexity index is 2810. The van der Waals surface area contributed by atoms with Crippen molar-refractivity contribution in [2.75, 3.05) is 0 Å². The average molecular weight is 834 g/mol. The highest BCUT2D eigenvalue weighted by Gasteiger charge is 2.17. The molecule has 8 rings (SSSR count). The SMILES string of the molecule is Cc1cc(-c2ncnn3cc(CC/C=C/c4ccc(-c5ccc(-c6ccc(OCc7ccccc7)nc6OCc6ccccc6)cc5)cc4)cc23)ccc1CNC(=O)OC(C)(C)C. The van der Waals surface area contributed by atoms with E-state index in [9.17, 15) is 4.79 Å². The van der Waals surface area contributed by atoms with Gasteiger partial charge in [0.1, 0.15) is 25.1 Å². The highest BCUT2D eigenvalue weighted by atomic mass is 16.6. The number of alkyl carbamates (subject to hydrolysis) is 1. The van der Waals surface area contributed by atoms with Crippen LogP contribution in [0.2, 0.25) is 0 Å². The third-order valence-corrected chi connectivity index (χ3v) is 10.5. The van der Waals surface area contributed by atoms with Gasteiger partial charge in [0.2, 0.25) is 11.8 Å². The zero-order valence-electron chi connectivity index (χ0n) is 36.1. The van der Waals surface area contributed by atoms with Gasteiger partial charge in [-0.1, -0.05) is 133 Å². The summed E-state index contributed by atoms with van der Waals surface area (Å²) in [5.41, 5.74) is 13.0. The molecule has 3 heterocycles. The third kappa shape index (κ3) is 11.3. The van der Waals surface area contributed by atoms with E-state index in [0.717, 1.165) is 79.7 Å². The predicted octanol–water partition coefficient (Wildman–Crippen LogP) is 12.3. The molecule has 0 aliphatic heterocycles. The summed E-state index contributed by atoms with van der Waals surface area (Å²) in [5.74, 6) is 1.04. The molecule has 8 aromatic rings. The average Bonchev–Trinajstić information content (AvgIpc) is 3.72. The Kier molecular flexibility index (Phi) is 13.0. The summed E-state index contributed by atoms with van der Waals surface area (Å²) in [4.78, 5) is 21.6. The van der Waals surface area contributed by atoms with E-state index in [4.69, 9.17) is 19.2 Å². The van der Waals surface area contributed by atoms with E-state index in [2.05, 4.69) is 94.4 Å². The van der Waals surface area contributed by atoms with Crippen molar-refractivity contribution >= 4 is 17.7 Å². The van der Waals surface area contributed by atoms with Crippen LogP contribution in [0.4, 0.5) is 4.79 Å². The van der Waals surface area contributed by atoms with E-state index in [1.54, 1.807) is 6.33 Å². The molecular weight excluding hydrogens is 783 g/mol. The van der Waals surface area contributed by atoms with Crippen molar-refractivity contribution in [1.82, 2.24) is 24.9 Å². The van der Waals surface area contributed by atoms with Crippen LogP contribution in [0.3, 0.4) is 0 Å². The van der Waals surface area contributed by atoms with E-state index in [1.807, 2.05) is 117 Å². The maximum atomic E-state index is 12.2. The minimum atomic E-state index is -0.544. The Morgan fingerprint density at radius 3 is 2.05 bits per heavy atom. The quantitative estimate of drug-likeness (QED) is 0.110. The highest BCUT2D eigenvalue weighted by molar-refractivity contribution is 5.78. The van der Waals surface area contributed by atoms with E-state index in [0.29, 0.717) is 31.5 Å². The number of nitrogens with one attached hydrogen (secondary N) is 1. The number of allylic oxidation sites excluding steroid dienone is 1. The van der Waals surface area contributed by atoms with Crippen molar-refractivity contribution in [2.45, 2.75) is 65.9 Å². The van der Waals surface area contributed by atoms with Gasteiger partial charge in [-0.05, 0) is 109 Å². The second kappa shape index (κ2) is 19.5. The summed E-state index contributed by atoms with van der Waals surface area (Å²) >= 11 is 0. The van der Waals surface area contributed by atoms with E-state index < -0.39 is 11.7 Å². The molecule has 0 radical (unpaired) electrons. The van der Waals surface area contributed by atoms with Gasteiger partial charge in [0.15, 0.2) is 0 Å². The van der Waals surface area contributed by atoms with E-state index in [-0.39, 0.29) is 0 Å². The summed E-state index contributed by atoms with van der Waals surface area (Å²) in [7, 11) is 0. The molecule has 0 bridgehead atoms. The van der Waals surface area contributed by atoms with Gasteiger partial charge in [0.25, 0.3) is 0 Å². The van der Waals surface area contributed by atoms with Crippen molar-refractivity contribution in [1.29, 1.82) is 0 Å². The first kappa shape index (κ1) is 42.2. The Morgan fingerprint density at radius 1 is 0.714 bits per heavy atom. The fourth-order valence-electron chi connectivity index (χ4n) is 7.25. The van der Waals surface area contributed by atoms with Gasteiger partial charge in [-0.15, -0.1) is 0 Å². The zero-order valence-corrected chi connectivity index (χ0v) is 36.1. The minimum Gasteiger partial charge on any atom is -0.473 e. The second-order valence-electron chi connectivity index (χ2n) is 16.5. The molecule has 0 aliphatic rings. The van der Waals surface area contributed by atoms with Crippen LogP contribution in [-0.4, -0.2) is 31.3 Å². The van der Waals surface area contributed by atoms with Gasteiger partial charge in [-0.25, -0.2) is 14.3 Å². The van der Waals surface area contributed by atoms with Crippen LogP contribution in [0.25, 0.3) is 45.1 Å². The Morgan fingerprint density at radius 2 is 1.37 bits per heavy atom. The molecule has 5 aromatic carbocycles. The second-order valence-corrected chi connectivity index (χ2v) is 16.5. The zero-order chi connectivity index (χ0) is 43.6. The number of rotatable bonds is 15. The summed E-state index contributed by atoms with van der Waals surface area (Å²) in [5, 5.41) is 7.34. The largest absolute Gasteiger partial charge is 0.473 e. The molecule has 0 aliphatic carbocycles. The normalized spacial score (nSPS) is 11.5. The molecule has 0 spiro atoms.